The van der Waals surface area contributed by atoms with E-state index in [0.29, 0.717) is 24.4 Å². The molecule has 0 aliphatic heterocycles. The zero-order valence-electron chi connectivity index (χ0n) is 16.1. The van der Waals surface area contributed by atoms with Crippen LogP contribution in [0.1, 0.15) is 29.8 Å². The second-order valence-corrected chi connectivity index (χ2v) is 7.92. The minimum Gasteiger partial charge on any atom is -0.298 e. The summed E-state index contributed by atoms with van der Waals surface area (Å²) in [5.41, 5.74) is 6.03. The maximum atomic E-state index is 12.6. The van der Waals surface area contributed by atoms with Crippen molar-refractivity contribution in [3.05, 3.63) is 76.4 Å². The summed E-state index contributed by atoms with van der Waals surface area (Å²) in [6.07, 6.45) is 0. The van der Waals surface area contributed by atoms with Crippen LogP contribution in [0.15, 0.2) is 60.0 Å². The van der Waals surface area contributed by atoms with Crippen molar-refractivity contribution in [2.24, 2.45) is 0 Å². The van der Waals surface area contributed by atoms with Crippen LogP contribution in [0.5, 0.6) is 0 Å². The lowest BCUT2D eigenvalue weighted by atomic mass is 10.1. The molecule has 2 N–H and O–H groups in total. The molecule has 0 atom stereocenters. The molecule has 29 heavy (non-hydrogen) atoms. The number of carbonyl (C=O) groups is 1. The first-order valence-electron chi connectivity index (χ1n) is 8.81. The molecule has 0 spiro atoms. The topological polar surface area (TPSA) is 122 Å². The highest BCUT2D eigenvalue weighted by Crippen LogP contribution is 2.18. The molecule has 2 rings (SSSR count). The molecule has 0 aliphatic carbocycles. The van der Waals surface area contributed by atoms with Crippen molar-refractivity contribution >= 4 is 27.3 Å². The lowest BCUT2D eigenvalue weighted by molar-refractivity contribution is -0.384. The van der Waals surface area contributed by atoms with Crippen LogP contribution in [0, 0.1) is 10.1 Å². The fourth-order valence-corrected chi connectivity index (χ4v) is 4.08. The molecule has 0 fully saturated rings. The fraction of sp³-hybridized carbons (Fsp3) is 0.211. The summed E-state index contributed by atoms with van der Waals surface area (Å²) in [5.74, 6) is -0.551. The Morgan fingerprint density at radius 3 is 2.24 bits per heavy atom. The highest BCUT2D eigenvalue weighted by Gasteiger charge is 2.22. The van der Waals surface area contributed by atoms with Gasteiger partial charge in [-0.3, -0.25) is 25.8 Å². The maximum absolute atomic E-state index is 12.6. The van der Waals surface area contributed by atoms with Gasteiger partial charge in [-0.25, -0.2) is 8.42 Å². The van der Waals surface area contributed by atoms with Gasteiger partial charge >= 0.3 is 0 Å². The number of hydrogen-bond acceptors (Lipinski definition) is 6. The van der Waals surface area contributed by atoms with Crippen molar-refractivity contribution in [1.29, 1.82) is 0 Å². The summed E-state index contributed by atoms with van der Waals surface area (Å²) < 4.78 is 26.5. The third-order valence-corrected chi connectivity index (χ3v) is 6.24. The molecule has 0 heterocycles. The van der Waals surface area contributed by atoms with Crippen molar-refractivity contribution in [2.75, 3.05) is 13.1 Å². The molecular formula is C19H22N4O5S. The van der Waals surface area contributed by atoms with Gasteiger partial charge in [-0.2, -0.15) is 4.31 Å². The van der Waals surface area contributed by atoms with E-state index in [-0.39, 0.29) is 16.1 Å². The van der Waals surface area contributed by atoms with E-state index in [4.69, 9.17) is 0 Å². The van der Waals surface area contributed by atoms with Gasteiger partial charge in [0, 0.05) is 30.8 Å². The zero-order chi connectivity index (χ0) is 21.6. The molecule has 0 unspecified atom stereocenters. The van der Waals surface area contributed by atoms with E-state index in [2.05, 4.69) is 17.4 Å². The smallest absolute Gasteiger partial charge is 0.269 e. The van der Waals surface area contributed by atoms with Crippen molar-refractivity contribution in [2.45, 2.75) is 18.7 Å². The van der Waals surface area contributed by atoms with Crippen molar-refractivity contribution in [3.63, 3.8) is 0 Å². The third kappa shape index (κ3) is 5.18. The Balaban J connectivity index is 2.09. The number of amides is 1. The standard InChI is InChI=1S/C19H22N4O5S/c1-4-22(5-2)29(27,28)18-8-6-7-16(13-18)19(24)21-20-14(3)15-9-11-17(12-10-15)23(25)26/h6-13,20H,3-5H2,1-2H3,(H,21,24). The predicted octanol–water partition coefficient (Wildman–Crippen LogP) is 2.53. The summed E-state index contributed by atoms with van der Waals surface area (Å²) >= 11 is 0. The monoisotopic (exact) mass is 418 g/mol. The molecule has 0 bridgehead atoms. The van der Waals surface area contributed by atoms with Gasteiger partial charge in [0.1, 0.15) is 0 Å². The zero-order valence-corrected chi connectivity index (χ0v) is 16.9. The van der Waals surface area contributed by atoms with Gasteiger partial charge in [0.15, 0.2) is 0 Å². The summed E-state index contributed by atoms with van der Waals surface area (Å²) in [6.45, 7) is 7.90. The summed E-state index contributed by atoms with van der Waals surface area (Å²) in [7, 11) is -3.68. The molecule has 0 radical (unpaired) electrons. The number of hydrogen-bond donors (Lipinski definition) is 2. The van der Waals surface area contributed by atoms with E-state index in [9.17, 15) is 23.3 Å². The summed E-state index contributed by atoms with van der Waals surface area (Å²) in [4.78, 5) is 22.6. The normalized spacial score (nSPS) is 11.1. The van der Waals surface area contributed by atoms with Crippen LogP contribution in [0.2, 0.25) is 0 Å². The number of nitrogens with one attached hydrogen (secondary N) is 2. The predicted molar refractivity (Wildman–Crippen MR) is 109 cm³/mol. The lowest BCUT2D eigenvalue weighted by Gasteiger charge is -2.18. The number of hydrazine groups is 1. The number of non-ortho nitro benzene ring substituents is 1. The highest BCUT2D eigenvalue weighted by atomic mass is 32.2. The molecular weight excluding hydrogens is 396 g/mol. The molecule has 10 heteroatoms. The minimum absolute atomic E-state index is 0.0306. The Morgan fingerprint density at radius 1 is 1.07 bits per heavy atom. The first-order chi connectivity index (χ1) is 13.7. The second-order valence-electron chi connectivity index (χ2n) is 5.98. The lowest BCUT2D eigenvalue weighted by Crippen LogP contribution is -2.36. The Labute approximate surface area is 169 Å². The Hall–Kier alpha value is -3.24. The summed E-state index contributed by atoms with van der Waals surface area (Å²) in [6, 6.07) is 11.4. The number of carbonyl (C=O) groups excluding carboxylic acids is 1. The van der Waals surface area contributed by atoms with Gasteiger partial charge in [0.2, 0.25) is 10.0 Å². The number of benzene rings is 2. The van der Waals surface area contributed by atoms with E-state index < -0.39 is 20.9 Å². The van der Waals surface area contributed by atoms with Crippen molar-refractivity contribution in [3.8, 4) is 0 Å². The van der Waals surface area contributed by atoms with Crippen LogP contribution >= 0.6 is 0 Å². The minimum atomic E-state index is -3.68. The highest BCUT2D eigenvalue weighted by molar-refractivity contribution is 7.89. The average Bonchev–Trinajstić information content (AvgIpc) is 2.72. The molecule has 2 aromatic carbocycles. The van der Waals surface area contributed by atoms with Gasteiger partial charge in [0.25, 0.3) is 11.6 Å². The molecule has 0 saturated carbocycles. The quantitative estimate of drug-likeness (QED) is 0.477. The number of nitrogens with zero attached hydrogens (tertiary/aromatic N) is 2. The molecule has 0 aliphatic rings. The Morgan fingerprint density at radius 2 is 1.69 bits per heavy atom. The van der Waals surface area contributed by atoms with E-state index in [1.807, 2.05) is 0 Å². The Bertz CT molecular complexity index is 1020. The van der Waals surface area contributed by atoms with Crippen LogP contribution in [0.4, 0.5) is 5.69 Å². The van der Waals surface area contributed by atoms with Gasteiger partial charge in [-0.1, -0.05) is 26.5 Å². The van der Waals surface area contributed by atoms with Gasteiger partial charge < -0.3 is 0 Å². The molecule has 0 aromatic heterocycles. The number of nitro groups is 1. The van der Waals surface area contributed by atoms with Crippen molar-refractivity contribution < 1.29 is 18.1 Å². The first-order valence-corrected chi connectivity index (χ1v) is 10.2. The molecule has 1 amide bonds. The molecule has 2 aromatic rings. The molecule has 9 nitrogen and oxygen atoms in total. The van der Waals surface area contributed by atoms with Crippen LogP contribution in [-0.4, -0.2) is 36.6 Å². The molecule has 0 saturated heterocycles. The van der Waals surface area contributed by atoms with Gasteiger partial charge in [-0.05, 0) is 35.9 Å². The number of nitro benzene ring substituents is 1. The second kappa shape index (κ2) is 9.30. The largest absolute Gasteiger partial charge is 0.298 e. The fourth-order valence-electron chi connectivity index (χ4n) is 2.57. The van der Waals surface area contributed by atoms with Crippen LogP contribution in [0.25, 0.3) is 5.70 Å². The molecule has 154 valence electrons. The van der Waals surface area contributed by atoms with E-state index in [0.717, 1.165) is 0 Å². The number of sulfonamides is 1. The van der Waals surface area contributed by atoms with Crippen LogP contribution in [0.3, 0.4) is 0 Å². The first kappa shape index (κ1) is 22.1. The van der Waals surface area contributed by atoms with E-state index in [1.54, 1.807) is 13.8 Å². The van der Waals surface area contributed by atoms with E-state index in [1.165, 1.54) is 52.8 Å². The SMILES string of the molecule is C=C(NNC(=O)c1cccc(S(=O)(=O)N(CC)CC)c1)c1ccc([N+](=O)[O-])cc1. The number of rotatable bonds is 9. The maximum Gasteiger partial charge on any atom is 0.269 e. The van der Waals surface area contributed by atoms with Crippen LogP contribution in [-0.2, 0) is 10.0 Å². The van der Waals surface area contributed by atoms with Gasteiger partial charge in [-0.15, -0.1) is 0 Å². The van der Waals surface area contributed by atoms with Gasteiger partial charge in [0.05, 0.1) is 15.5 Å². The Kier molecular flexibility index (Phi) is 7.08. The van der Waals surface area contributed by atoms with Crippen molar-refractivity contribution in [1.82, 2.24) is 15.2 Å². The third-order valence-electron chi connectivity index (χ3n) is 4.19. The van der Waals surface area contributed by atoms with Crippen LogP contribution < -0.4 is 10.9 Å². The van der Waals surface area contributed by atoms with E-state index >= 15 is 0 Å². The summed E-state index contributed by atoms with van der Waals surface area (Å²) in [5, 5.41) is 10.7. The average molecular weight is 418 g/mol.